The summed E-state index contributed by atoms with van der Waals surface area (Å²) in [4.78, 5) is 38.9. The fourth-order valence-corrected chi connectivity index (χ4v) is 4.48. The van der Waals surface area contributed by atoms with Crippen LogP contribution in [-0.2, 0) is 10.0 Å². The lowest BCUT2D eigenvalue weighted by Gasteiger charge is -2.10. The molecule has 0 unspecified atom stereocenters. The second kappa shape index (κ2) is 9.76. The summed E-state index contributed by atoms with van der Waals surface area (Å²) in [6.07, 6.45) is 1.06. The molecular formula is C23H19ClN6O5S. The van der Waals surface area contributed by atoms with Crippen molar-refractivity contribution < 1.29 is 13.5 Å². The number of nitrogens with one attached hydrogen (secondary N) is 2. The van der Waals surface area contributed by atoms with E-state index < -0.39 is 27.2 Å². The molecule has 0 bridgehead atoms. The molecule has 184 valence electrons. The lowest BCUT2D eigenvalue weighted by molar-refractivity contribution is 0.430. The van der Waals surface area contributed by atoms with Crippen LogP contribution in [0.3, 0.4) is 0 Å². The van der Waals surface area contributed by atoms with Crippen molar-refractivity contribution in [2.45, 2.75) is 18.7 Å². The third-order valence-corrected chi connectivity index (χ3v) is 6.58. The highest BCUT2D eigenvalue weighted by atomic mass is 35.5. The van der Waals surface area contributed by atoms with Crippen LogP contribution >= 0.6 is 11.6 Å². The number of hydrogen-bond donors (Lipinski definition) is 3. The van der Waals surface area contributed by atoms with Crippen LogP contribution < -0.4 is 16.0 Å². The predicted molar refractivity (Wildman–Crippen MR) is 135 cm³/mol. The Morgan fingerprint density at radius 3 is 2.33 bits per heavy atom. The van der Waals surface area contributed by atoms with E-state index in [1.165, 1.54) is 36.4 Å². The van der Waals surface area contributed by atoms with E-state index in [4.69, 9.17) is 11.6 Å². The predicted octanol–water partition coefficient (Wildman–Crippen LogP) is 2.84. The Labute approximate surface area is 209 Å². The van der Waals surface area contributed by atoms with Gasteiger partial charge in [-0.05, 0) is 56.3 Å². The number of aliphatic imine (C=N–C) groups is 1. The minimum atomic E-state index is -3.96. The molecule has 4 rings (SSSR count). The Morgan fingerprint density at radius 1 is 1.06 bits per heavy atom. The molecule has 0 saturated heterocycles. The van der Waals surface area contributed by atoms with Crippen molar-refractivity contribution in [2.75, 3.05) is 4.72 Å². The summed E-state index contributed by atoms with van der Waals surface area (Å²) in [6, 6.07) is 13.4. The van der Waals surface area contributed by atoms with E-state index in [-0.39, 0.29) is 32.8 Å². The van der Waals surface area contributed by atoms with Crippen LogP contribution in [-0.4, -0.2) is 39.3 Å². The zero-order chi connectivity index (χ0) is 26.0. The van der Waals surface area contributed by atoms with E-state index in [2.05, 4.69) is 24.7 Å². The van der Waals surface area contributed by atoms with Gasteiger partial charge in [0, 0.05) is 17.6 Å². The number of sulfonamides is 1. The van der Waals surface area contributed by atoms with Gasteiger partial charge in [-0.2, -0.15) is 0 Å². The second-order valence-electron chi connectivity index (χ2n) is 7.62. The van der Waals surface area contributed by atoms with Crippen molar-refractivity contribution in [3.63, 3.8) is 0 Å². The zero-order valence-corrected chi connectivity index (χ0v) is 20.5. The molecule has 36 heavy (non-hydrogen) atoms. The Bertz CT molecular complexity index is 1690. The number of aromatic amines is 1. The molecule has 2 heterocycles. The van der Waals surface area contributed by atoms with E-state index >= 15 is 0 Å². The highest BCUT2D eigenvalue weighted by Crippen LogP contribution is 2.23. The SMILES string of the molecule is Cc1cc(C)nc(NS(=O)(=O)c2ccc(N=Cc3c(O)n(-c4ccccc4Cl)c(=O)[nH]c3=O)cc2)n1. The summed E-state index contributed by atoms with van der Waals surface area (Å²) in [5, 5.41) is 10.8. The number of rotatable bonds is 6. The van der Waals surface area contributed by atoms with Crippen molar-refractivity contribution in [1.29, 1.82) is 0 Å². The number of halogens is 1. The van der Waals surface area contributed by atoms with Gasteiger partial charge in [0.2, 0.25) is 11.8 Å². The number of H-pyrrole nitrogens is 1. The fourth-order valence-electron chi connectivity index (χ4n) is 3.31. The minimum absolute atomic E-state index is 0.0436. The van der Waals surface area contributed by atoms with Crippen LogP contribution in [0.15, 0.2) is 74.1 Å². The molecule has 0 spiro atoms. The van der Waals surface area contributed by atoms with Crippen LogP contribution in [0.1, 0.15) is 17.0 Å². The van der Waals surface area contributed by atoms with Crippen molar-refractivity contribution >= 4 is 39.5 Å². The number of aromatic hydroxyl groups is 1. The van der Waals surface area contributed by atoms with Gasteiger partial charge in [-0.1, -0.05) is 23.7 Å². The van der Waals surface area contributed by atoms with E-state index in [1.54, 1.807) is 32.0 Å². The van der Waals surface area contributed by atoms with Gasteiger partial charge in [-0.25, -0.2) is 32.5 Å². The molecule has 0 saturated carbocycles. The molecule has 0 aliphatic carbocycles. The second-order valence-corrected chi connectivity index (χ2v) is 9.70. The molecule has 11 nitrogen and oxygen atoms in total. The first-order valence-corrected chi connectivity index (χ1v) is 12.2. The van der Waals surface area contributed by atoms with Gasteiger partial charge in [0.15, 0.2) is 0 Å². The van der Waals surface area contributed by atoms with E-state index in [0.29, 0.717) is 11.4 Å². The maximum atomic E-state index is 12.7. The molecule has 0 amide bonds. The molecule has 0 aliphatic rings. The molecule has 0 radical (unpaired) electrons. The summed E-state index contributed by atoms with van der Waals surface area (Å²) in [5.41, 5.74) is -0.347. The summed E-state index contributed by atoms with van der Waals surface area (Å²) in [7, 11) is -3.96. The average Bonchev–Trinajstić information content (AvgIpc) is 2.79. The topological polar surface area (TPSA) is 159 Å². The molecule has 0 aliphatic heterocycles. The number of para-hydroxylation sites is 1. The Morgan fingerprint density at radius 2 is 1.69 bits per heavy atom. The summed E-state index contributed by atoms with van der Waals surface area (Å²) < 4.78 is 28.5. The van der Waals surface area contributed by atoms with Crippen LogP contribution in [0.4, 0.5) is 11.6 Å². The summed E-state index contributed by atoms with van der Waals surface area (Å²) in [6.45, 7) is 3.45. The highest BCUT2D eigenvalue weighted by molar-refractivity contribution is 7.92. The first kappa shape index (κ1) is 24.8. The van der Waals surface area contributed by atoms with Crippen LogP contribution in [0.25, 0.3) is 5.69 Å². The van der Waals surface area contributed by atoms with Gasteiger partial charge < -0.3 is 5.11 Å². The van der Waals surface area contributed by atoms with E-state index in [1.807, 2.05) is 0 Å². The normalized spacial score (nSPS) is 11.6. The number of aryl methyl sites for hydroxylation is 2. The van der Waals surface area contributed by atoms with Crippen molar-refractivity contribution in [2.24, 2.45) is 4.99 Å². The summed E-state index contributed by atoms with van der Waals surface area (Å²) >= 11 is 6.13. The Kier molecular flexibility index (Phi) is 6.73. The first-order valence-electron chi connectivity index (χ1n) is 10.4. The maximum Gasteiger partial charge on any atom is 0.335 e. The molecule has 0 atom stereocenters. The third-order valence-electron chi connectivity index (χ3n) is 4.91. The largest absolute Gasteiger partial charge is 0.493 e. The molecule has 13 heteroatoms. The van der Waals surface area contributed by atoms with Crippen LogP contribution in [0.5, 0.6) is 5.88 Å². The lowest BCUT2D eigenvalue weighted by Crippen LogP contribution is -2.31. The molecule has 3 N–H and O–H groups in total. The third kappa shape index (κ3) is 5.19. The van der Waals surface area contributed by atoms with E-state index in [9.17, 15) is 23.1 Å². The number of aromatic nitrogens is 4. The molecular weight excluding hydrogens is 508 g/mol. The first-order chi connectivity index (χ1) is 17.0. The standard InChI is InChI=1S/C23H19ClN6O5S/c1-13-11-14(2)27-22(26-13)29-36(34,35)16-9-7-15(8-10-16)25-12-17-20(31)28-23(33)30(21(17)32)19-6-4-3-5-18(19)24/h3-12,32H,1-2H3,(H,26,27,29)(H,28,31,33). The Balaban J connectivity index is 1.62. The van der Waals surface area contributed by atoms with Crippen molar-refractivity contribution in [3.8, 4) is 11.6 Å². The van der Waals surface area contributed by atoms with Gasteiger partial charge in [-0.3, -0.25) is 14.8 Å². The summed E-state index contributed by atoms with van der Waals surface area (Å²) in [5.74, 6) is -0.699. The quantitative estimate of drug-likeness (QED) is 0.326. The van der Waals surface area contributed by atoms with E-state index in [0.717, 1.165) is 10.8 Å². The minimum Gasteiger partial charge on any atom is -0.493 e. The smallest absolute Gasteiger partial charge is 0.335 e. The van der Waals surface area contributed by atoms with Gasteiger partial charge >= 0.3 is 5.69 Å². The van der Waals surface area contributed by atoms with Crippen LogP contribution in [0.2, 0.25) is 5.02 Å². The van der Waals surface area contributed by atoms with Crippen molar-refractivity contribution in [3.05, 3.63) is 97.4 Å². The molecule has 4 aromatic rings. The van der Waals surface area contributed by atoms with Gasteiger partial charge in [0.05, 0.1) is 21.3 Å². The average molecular weight is 527 g/mol. The Hall–Kier alpha value is -4.29. The van der Waals surface area contributed by atoms with Crippen LogP contribution in [0, 0.1) is 13.8 Å². The van der Waals surface area contributed by atoms with Gasteiger partial charge in [0.25, 0.3) is 15.6 Å². The molecule has 0 fully saturated rings. The fraction of sp³-hybridized carbons (Fsp3) is 0.0870. The highest BCUT2D eigenvalue weighted by Gasteiger charge is 2.17. The lowest BCUT2D eigenvalue weighted by atomic mass is 10.2. The van der Waals surface area contributed by atoms with Gasteiger partial charge in [0.1, 0.15) is 5.56 Å². The van der Waals surface area contributed by atoms with Gasteiger partial charge in [-0.15, -0.1) is 0 Å². The van der Waals surface area contributed by atoms with Crippen molar-refractivity contribution in [1.82, 2.24) is 19.5 Å². The zero-order valence-electron chi connectivity index (χ0n) is 18.9. The number of benzene rings is 2. The molecule has 2 aromatic heterocycles. The maximum absolute atomic E-state index is 12.7. The molecule has 2 aromatic carbocycles. The number of nitrogens with zero attached hydrogens (tertiary/aromatic N) is 4. The number of anilines is 1. The number of hydrogen-bond acceptors (Lipinski definition) is 8. The monoisotopic (exact) mass is 526 g/mol.